The van der Waals surface area contributed by atoms with Crippen molar-refractivity contribution < 1.29 is 13.7 Å². The minimum Gasteiger partial charge on any atom is -0.467 e. The predicted molar refractivity (Wildman–Crippen MR) is 114 cm³/mol. The zero-order chi connectivity index (χ0) is 18.8. The lowest BCUT2D eigenvalue weighted by Gasteiger charge is -2.10. The summed E-state index contributed by atoms with van der Waals surface area (Å²) in [6, 6.07) is 5.55. The van der Waals surface area contributed by atoms with Gasteiger partial charge in [0, 0.05) is 19.0 Å². The van der Waals surface area contributed by atoms with Gasteiger partial charge in [-0.1, -0.05) is 19.0 Å². The number of aliphatic imine (C=N–C) groups is 1. The Morgan fingerprint density at radius 1 is 1.19 bits per heavy atom. The van der Waals surface area contributed by atoms with Crippen LogP contribution in [-0.4, -0.2) is 30.6 Å². The molecule has 2 aromatic heterocycles. The van der Waals surface area contributed by atoms with Crippen LogP contribution in [0.4, 0.5) is 0 Å². The number of nitrogens with zero attached hydrogens (tertiary/aromatic N) is 2. The number of amides is 1. The van der Waals surface area contributed by atoms with Gasteiger partial charge in [-0.15, -0.1) is 24.0 Å². The molecule has 0 saturated heterocycles. The van der Waals surface area contributed by atoms with Crippen molar-refractivity contribution in [1.29, 1.82) is 0 Å². The van der Waals surface area contributed by atoms with E-state index >= 15 is 0 Å². The van der Waals surface area contributed by atoms with Crippen LogP contribution in [0.5, 0.6) is 0 Å². The Morgan fingerprint density at radius 2 is 1.93 bits per heavy atom. The van der Waals surface area contributed by atoms with Gasteiger partial charge in [-0.25, -0.2) is 0 Å². The summed E-state index contributed by atoms with van der Waals surface area (Å²) in [5.74, 6) is 2.22. The van der Waals surface area contributed by atoms with Crippen molar-refractivity contribution >= 4 is 35.8 Å². The molecule has 8 nitrogen and oxygen atoms in total. The Bertz CT molecular complexity index is 696. The molecular formula is C18H28IN5O3. The predicted octanol–water partition coefficient (Wildman–Crippen LogP) is 2.77. The number of carbonyl (C=O) groups excluding carboxylic acids is 1. The molecule has 3 N–H and O–H groups in total. The highest BCUT2D eigenvalue weighted by atomic mass is 127. The van der Waals surface area contributed by atoms with Gasteiger partial charge in [0.2, 0.25) is 5.91 Å². The molecule has 0 radical (unpaired) electrons. The van der Waals surface area contributed by atoms with Crippen LogP contribution in [0, 0.1) is 0 Å². The summed E-state index contributed by atoms with van der Waals surface area (Å²) in [7, 11) is 1.64. The molecule has 0 spiro atoms. The van der Waals surface area contributed by atoms with E-state index in [1.165, 1.54) is 0 Å². The second-order valence-electron chi connectivity index (χ2n) is 5.87. The van der Waals surface area contributed by atoms with Crippen LogP contribution in [0.3, 0.4) is 0 Å². The van der Waals surface area contributed by atoms with Crippen LogP contribution >= 0.6 is 24.0 Å². The van der Waals surface area contributed by atoms with Crippen molar-refractivity contribution in [3.63, 3.8) is 0 Å². The van der Waals surface area contributed by atoms with Crippen molar-refractivity contribution in [2.45, 2.75) is 45.7 Å². The molecule has 0 fully saturated rings. The van der Waals surface area contributed by atoms with E-state index in [9.17, 15) is 4.79 Å². The number of rotatable bonds is 9. The SMILES string of the molecule is CCC(CC)c1cc(CNC(=NC)NCC(=O)NCc2ccco2)on1.I. The Hall–Kier alpha value is -2.04. The Kier molecular flexibility index (Phi) is 10.5. The van der Waals surface area contributed by atoms with Crippen molar-refractivity contribution in [3.05, 3.63) is 41.7 Å². The van der Waals surface area contributed by atoms with Gasteiger partial charge in [0.1, 0.15) is 5.76 Å². The number of nitrogens with one attached hydrogen (secondary N) is 3. The van der Waals surface area contributed by atoms with E-state index < -0.39 is 0 Å². The summed E-state index contributed by atoms with van der Waals surface area (Å²) in [5.41, 5.74) is 0.979. The normalized spacial score (nSPS) is 11.2. The number of hydrogen-bond acceptors (Lipinski definition) is 5. The number of hydrogen-bond donors (Lipinski definition) is 3. The summed E-state index contributed by atoms with van der Waals surface area (Å²) in [6.45, 7) is 5.19. The van der Waals surface area contributed by atoms with E-state index in [0.717, 1.165) is 24.3 Å². The van der Waals surface area contributed by atoms with Gasteiger partial charge in [-0.3, -0.25) is 9.79 Å². The number of halogens is 1. The zero-order valence-electron chi connectivity index (χ0n) is 15.9. The van der Waals surface area contributed by atoms with Gasteiger partial charge >= 0.3 is 0 Å². The lowest BCUT2D eigenvalue weighted by atomic mass is 9.99. The first-order valence-corrected chi connectivity index (χ1v) is 8.85. The van der Waals surface area contributed by atoms with E-state index in [4.69, 9.17) is 8.94 Å². The summed E-state index contributed by atoms with van der Waals surface area (Å²) in [6.07, 6.45) is 3.64. The van der Waals surface area contributed by atoms with Crippen LogP contribution in [0.2, 0.25) is 0 Å². The molecule has 0 bridgehead atoms. The van der Waals surface area contributed by atoms with Crippen LogP contribution in [-0.2, 0) is 17.9 Å². The molecule has 150 valence electrons. The van der Waals surface area contributed by atoms with E-state index in [-0.39, 0.29) is 36.4 Å². The maximum atomic E-state index is 11.9. The molecule has 27 heavy (non-hydrogen) atoms. The first-order valence-electron chi connectivity index (χ1n) is 8.85. The first kappa shape index (κ1) is 23.0. The Labute approximate surface area is 176 Å². The minimum absolute atomic E-state index is 0. The Balaban J connectivity index is 0.00000364. The molecule has 0 unspecified atom stereocenters. The second-order valence-corrected chi connectivity index (χ2v) is 5.87. The fraction of sp³-hybridized carbons (Fsp3) is 0.500. The smallest absolute Gasteiger partial charge is 0.239 e. The van der Waals surface area contributed by atoms with Gasteiger partial charge in [0.15, 0.2) is 11.7 Å². The molecule has 2 rings (SSSR count). The third-order valence-electron chi connectivity index (χ3n) is 4.09. The quantitative estimate of drug-likeness (QED) is 0.284. The van der Waals surface area contributed by atoms with Crippen LogP contribution in [0.25, 0.3) is 0 Å². The number of furan rings is 1. The maximum absolute atomic E-state index is 11.9. The summed E-state index contributed by atoms with van der Waals surface area (Å²) < 4.78 is 10.5. The third kappa shape index (κ3) is 7.61. The highest BCUT2D eigenvalue weighted by Crippen LogP contribution is 2.22. The van der Waals surface area contributed by atoms with Crippen LogP contribution in [0.15, 0.2) is 38.4 Å². The van der Waals surface area contributed by atoms with E-state index in [0.29, 0.717) is 30.7 Å². The topological polar surface area (TPSA) is 105 Å². The van der Waals surface area contributed by atoms with E-state index in [2.05, 4.69) is 39.9 Å². The van der Waals surface area contributed by atoms with Gasteiger partial charge < -0.3 is 24.9 Å². The van der Waals surface area contributed by atoms with Crippen molar-refractivity contribution in [2.24, 2.45) is 4.99 Å². The fourth-order valence-corrected chi connectivity index (χ4v) is 2.53. The third-order valence-corrected chi connectivity index (χ3v) is 4.09. The average molecular weight is 489 g/mol. The first-order chi connectivity index (χ1) is 12.7. The fourth-order valence-electron chi connectivity index (χ4n) is 2.53. The molecule has 0 aliphatic rings. The molecular weight excluding hydrogens is 461 g/mol. The standard InChI is InChI=1S/C18H27N5O3.HI/c1-4-13(5-2)16-9-15(26-23-16)11-21-18(19-3)22-12-17(24)20-10-14-7-6-8-25-14;/h6-9,13H,4-5,10-12H2,1-3H3,(H,20,24)(H2,19,21,22);1H. The zero-order valence-corrected chi connectivity index (χ0v) is 18.3. The molecule has 9 heteroatoms. The molecule has 2 aromatic rings. The molecule has 1 amide bonds. The monoisotopic (exact) mass is 489 g/mol. The molecule has 0 aliphatic heterocycles. The molecule has 0 saturated carbocycles. The van der Waals surface area contributed by atoms with Crippen molar-refractivity contribution in [2.75, 3.05) is 13.6 Å². The average Bonchev–Trinajstić information content (AvgIpc) is 3.33. The highest BCUT2D eigenvalue weighted by Gasteiger charge is 2.13. The summed E-state index contributed by atoms with van der Waals surface area (Å²) >= 11 is 0. The Morgan fingerprint density at radius 3 is 2.56 bits per heavy atom. The maximum Gasteiger partial charge on any atom is 0.239 e. The second kappa shape index (κ2) is 12.4. The van der Waals surface area contributed by atoms with Crippen molar-refractivity contribution in [1.82, 2.24) is 21.1 Å². The van der Waals surface area contributed by atoms with Crippen molar-refractivity contribution in [3.8, 4) is 0 Å². The molecule has 0 aromatic carbocycles. The number of guanidine groups is 1. The molecule has 0 aliphatic carbocycles. The summed E-state index contributed by atoms with van der Waals surface area (Å²) in [5, 5.41) is 13.0. The highest BCUT2D eigenvalue weighted by molar-refractivity contribution is 14.0. The molecule has 0 atom stereocenters. The number of aromatic nitrogens is 1. The van der Waals surface area contributed by atoms with Gasteiger partial charge in [-0.2, -0.15) is 0 Å². The molecule has 2 heterocycles. The summed E-state index contributed by atoms with van der Waals surface area (Å²) in [4.78, 5) is 15.9. The van der Waals surface area contributed by atoms with Crippen LogP contribution in [0.1, 0.15) is 49.8 Å². The lowest BCUT2D eigenvalue weighted by Crippen LogP contribution is -2.42. The van der Waals surface area contributed by atoms with Crippen LogP contribution < -0.4 is 16.0 Å². The van der Waals surface area contributed by atoms with E-state index in [1.807, 2.05) is 12.1 Å². The lowest BCUT2D eigenvalue weighted by molar-refractivity contribution is -0.120. The number of carbonyl (C=O) groups is 1. The minimum atomic E-state index is -0.153. The van der Waals surface area contributed by atoms with Gasteiger partial charge in [-0.05, 0) is 25.0 Å². The largest absolute Gasteiger partial charge is 0.467 e. The van der Waals surface area contributed by atoms with E-state index in [1.54, 1.807) is 19.4 Å². The van der Waals surface area contributed by atoms with Gasteiger partial charge in [0.05, 0.1) is 31.6 Å². The van der Waals surface area contributed by atoms with Gasteiger partial charge in [0.25, 0.3) is 0 Å².